The van der Waals surface area contributed by atoms with Gasteiger partial charge in [0.15, 0.2) is 5.84 Å². The number of nitrogens with zero attached hydrogens (tertiary/aromatic N) is 2. The molecule has 1 saturated carbocycles. The van der Waals surface area contributed by atoms with Crippen LogP contribution in [0.15, 0.2) is 5.16 Å². The zero-order valence-electron chi connectivity index (χ0n) is 11.3. The second kappa shape index (κ2) is 5.56. The van der Waals surface area contributed by atoms with Crippen molar-refractivity contribution in [3.8, 4) is 0 Å². The van der Waals surface area contributed by atoms with E-state index in [2.05, 4.69) is 5.16 Å². The number of hydrogen-bond acceptors (Lipinski definition) is 4. The molecule has 1 aliphatic rings. The van der Waals surface area contributed by atoms with Crippen molar-refractivity contribution in [2.75, 3.05) is 13.6 Å². The number of rotatable bonds is 5. The molecule has 0 saturated heterocycles. The predicted molar refractivity (Wildman–Crippen MR) is 68.2 cm³/mol. The van der Waals surface area contributed by atoms with Crippen molar-refractivity contribution in [1.82, 2.24) is 4.90 Å². The molecule has 1 aliphatic carbocycles. The number of oxime groups is 1. The van der Waals surface area contributed by atoms with Gasteiger partial charge in [-0.3, -0.25) is 4.79 Å². The van der Waals surface area contributed by atoms with Crippen molar-refractivity contribution in [1.29, 1.82) is 0 Å². The van der Waals surface area contributed by atoms with Gasteiger partial charge in [-0.05, 0) is 32.1 Å². The number of carbonyl (C=O) groups excluding carboxylic acids is 1. The van der Waals surface area contributed by atoms with E-state index in [-0.39, 0.29) is 17.8 Å². The molecule has 18 heavy (non-hydrogen) atoms. The molecule has 1 unspecified atom stereocenters. The van der Waals surface area contributed by atoms with E-state index in [4.69, 9.17) is 10.9 Å². The molecule has 0 aromatic rings. The maximum Gasteiger partial charge on any atom is 0.235 e. The number of hydrogen-bond donors (Lipinski definition) is 3. The molecule has 1 atom stereocenters. The standard InChI is InChI=1S/C12H23N3O3/c1-4-12(2,10(13)14-18)11(17)15(3)7-8-5-9(16)6-8/h8-9,16,18H,4-7H2,1-3H3,(H2,13,14). The number of amides is 1. The van der Waals surface area contributed by atoms with Crippen LogP contribution in [0.4, 0.5) is 0 Å². The van der Waals surface area contributed by atoms with Gasteiger partial charge in [-0.15, -0.1) is 0 Å². The van der Waals surface area contributed by atoms with Gasteiger partial charge in [0.1, 0.15) is 5.41 Å². The molecule has 1 rings (SSSR count). The van der Waals surface area contributed by atoms with Crippen LogP contribution in [0.5, 0.6) is 0 Å². The Hall–Kier alpha value is -1.30. The number of amidine groups is 1. The normalized spacial score (nSPS) is 27.2. The summed E-state index contributed by atoms with van der Waals surface area (Å²) in [6.45, 7) is 4.11. The predicted octanol–water partition coefficient (Wildman–Crippen LogP) is 0.378. The molecule has 0 aliphatic heterocycles. The lowest BCUT2D eigenvalue weighted by atomic mass is 9.80. The van der Waals surface area contributed by atoms with Crippen molar-refractivity contribution < 1.29 is 15.1 Å². The van der Waals surface area contributed by atoms with E-state index in [1.165, 1.54) is 0 Å². The van der Waals surface area contributed by atoms with E-state index >= 15 is 0 Å². The summed E-state index contributed by atoms with van der Waals surface area (Å²) in [5, 5.41) is 21.0. The van der Waals surface area contributed by atoms with Gasteiger partial charge in [-0.25, -0.2) is 0 Å². The molecule has 6 heteroatoms. The molecule has 6 nitrogen and oxygen atoms in total. The zero-order valence-corrected chi connectivity index (χ0v) is 11.3. The third kappa shape index (κ3) is 2.75. The molecule has 0 spiro atoms. The Morgan fingerprint density at radius 2 is 2.11 bits per heavy atom. The fourth-order valence-corrected chi connectivity index (χ4v) is 2.29. The van der Waals surface area contributed by atoms with Crippen molar-refractivity contribution in [2.24, 2.45) is 22.2 Å². The van der Waals surface area contributed by atoms with E-state index in [0.29, 0.717) is 18.9 Å². The minimum absolute atomic E-state index is 0.0597. The Kier molecular flexibility index (Phi) is 4.56. The highest BCUT2D eigenvalue weighted by atomic mass is 16.4. The summed E-state index contributed by atoms with van der Waals surface area (Å²) in [6, 6.07) is 0. The van der Waals surface area contributed by atoms with E-state index in [1.807, 2.05) is 6.92 Å². The van der Waals surface area contributed by atoms with E-state index in [1.54, 1.807) is 18.9 Å². The molecular formula is C12H23N3O3. The van der Waals surface area contributed by atoms with Crippen LogP contribution in [0.2, 0.25) is 0 Å². The second-order valence-electron chi connectivity index (χ2n) is 5.35. The Bertz CT molecular complexity index is 339. The first-order chi connectivity index (χ1) is 8.35. The number of carbonyl (C=O) groups is 1. The molecule has 0 radical (unpaired) electrons. The highest BCUT2D eigenvalue weighted by molar-refractivity contribution is 6.06. The van der Waals surface area contributed by atoms with Crippen LogP contribution in [0.3, 0.4) is 0 Å². The fraction of sp³-hybridized carbons (Fsp3) is 0.833. The lowest BCUT2D eigenvalue weighted by Crippen LogP contribution is -2.50. The van der Waals surface area contributed by atoms with E-state index < -0.39 is 5.41 Å². The third-order valence-corrected chi connectivity index (χ3v) is 3.94. The van der Waals surface area contributed by atoms with Crippen LogP contribution < -0.4 is 5.73 Å². The van der Waals surface area contributed by atoms with Crippen LogP contribution in [-0.2, 0) is 4.79 Å². The fourth-order valence-electron chi connectivity index (χ4n) is 2.29. The first-order valence-electron chi connectivity index (χ1n) is 6.26. The lowest BCUT2D eigenvalue weighted by molar-refractivity contribution is -0.138. The van der Waals surface area contributed by atoms with Gasteiger partial charge < -0.3 is 20.9 Å². The van der Waals surface area contributed by atoms with Gasteiger partial charge in [-0.2, -0.15) is 0 Å². The summed E-state index contributed by atoms with van der Waals surface area (Å²) in [7, 11) is 1.71. The van der Waals surface area contributed by atoms with Crippen LogP contribution in [0.25, 0.3) is 0 Å². The summed E-state index contributed by atoms with van der Waals surface area (Å²) in [5.74, 6) is 0.138. The van der Waals surface area contributed by atoms with Gasteiger partial charge in [-0.1, -0.05) is 12.1 Å². The second-order valence-corrected chi connectivity index (χ2v) is 5.35. The largest absolute Gasteiger partial charge is 0.409 e. The number of aliphatic hydroxyl groups excluding tert-OH is 1. The highest BCUT2D eigenvalue weighted by Gasteiger charge is 2.40. The van der Waals surface area contributed by atoms with Gasteiger partial charge in [0, 0.05) is 13.6 Å². The van der Waals surface area contributed by atoms with Gasteiger partial charge >= 0.3 is 0 Å². The van der Waals surface area contributed by atoms with Gasteiger partial charge in [0.05, 0.1) is 6.10 Å². The first kappa shape index (κ1) is 14.8. The van der Waals surface area contributed by atoms with Crippen LogP contribution in [-0.4, -0.2) is 46.7 Å². The number of aliphatic hydroxyl groups is 1. The summed E-state index contributed by atoms with van der Waals surface area (Å²) < 4.78 is 0. The smallest absolute Gasteiger partial charge is 0.235 e. The molecule has 1 amide bonds. The van der Waals surface area contributed by atoms with Crippen molar-refractivity contribution in [3.63, 3.8) is 0 Å². The molecule has 0 bridgehead atoms. The van der Waals surface area contributed by atoms with Crippen LogP contribution in [0, 0.1) is 11.3 Å². The quantitative estimate of drug-likeness (QED) is 0.287. The molecule has 0 heterocycles. The Balaban J connectivity index is 2.66. The maximum atomic E-state index is 12.3. The van der Waals surface area contributed by atoms with Crippen LogP contribution in [0.1, 0.15) is 33.1 Å². The average Bonchev–Trinajstić information content (AvgIpc) is 2.33. The Labute approximate surface area is 107 Å². The van der Waals surface area contributed by atoms with Crippen molar-refractivity contribution >= 4 is 11.7 Å². The number of nitrogens with two attached hydrogens (primary N) is 1. The summed E-state index contributed by atoms with van der Waals surface area (Å²) in [4.78, 5) is 14.0. The van der Waals surface area contributed by atoms with Gasteiger partial charge in [0.2, 0.25) is 5.91 Å². The molecule has 104 valence electrons. The summed E-state index contributed by atoms with van der Waals surface area (Å²) >= 11 is 0. The Morgan fingerprint density at radius 1 is 1.56 bits per heavy atom. The Morgan fingerprint density at radius 3 is 2.50 bits per heavy atom. The SMILES string of the molecule is CCC(C)(C(=O)N(C)CC1CC(O)C1)C(N)=NO. The molecule has 0 aromatic heterocycles. The highest BCUT2D eigenvalue weighted by Crippen LogP contribution is 2.30. The maximum absolute atomic E-state index is 12.3. The van der Waals surface area contributed by atoms with Gasteiger partial charge in [0.25, 0.3) is 0 Å². The van der Waals surface area contributed by atoms with E-state index in [9.17, 15) is 9.90 Å². The topological polar surface area (TPSA) is 99.2 Å². The summed E-state index contributed by atoms with van der Waals surface area (Å²) in [5.41, 5.74) is 4.65. The minimum Gasteiger partial charge on any atom is -0.409 e. The monoisotopic (exact) mass is 257 g/mol. The lowest BCUT2D eigenvalue weighted by Gasteiger charge is -2.37. The van der Waals surface area contributed by atoms with Crippen molar-refractivity contribution in [2.45, 2.75) is 39.2 Å². The molecule has 0 aromatic carbocycles. The minimum atomic E-state index is -0.966. The first-order valence-corrected chi connectivity index (χ1v) is 6.26. The third-order valence-electron chi connectivity index (χ3n) is 3.94. The summed E-state index contributed by atoms with van der Waals surface area (Å²) in [6.07, 6.45) is 1.73. The van der Waals surface area contributed by atoms with Crippen molar-refractivity contribution in [3.05, 3.63) is 0 Å². The molecule has 1 fully saturated rings. The van der Waals surface area contributed by atoms with E-state index in [0.717, 1.165) is 12.8 Å². The molecule has 4 N–H and O–H groups in total. The average molecular weight is 257 g/mol. The zero-order chi connectivity index (χ0) is 13.9. The molecular weight excluding hydrogens is 234 g/mol. The van der Waals surface area contributed by atoms with Crippen LogP contribution >= 0.6 is 0 Å².